The Bertz CT molecular complexity index is 721. The second-order valence-corrected chi connectivity index (χ2v) is 6.39. The molecule has 23 heavy (non-hydrogen) atoms. The van der Waals surface area contributed by atoms with Crippen LogP contribution in [0.4, 0.5) is 5.69 Å². The summed E-state index contributed by atoms with van der Waals surface area (Å²) in [5.74, 6) is 0.403. The minimum Gasteiger partial charge on any atom is -0.481 e. The lowest BCUT2D eigenvalue weighted by molar-refractivity contribution is -0.122. The van der Waals surface area contributed by atoms with E-state index >= 15 is 0 Å². The van der Waals surface area contributed by atoms with Crippen LogP contribution in [0.3, 0.4) is 0 Å². The summed E-state index contributed by atoms with van der Waals surface area (Å²) in [6.07, 6.45) is -0.634. The standard InChI is InChI=1S/C18H19Cl2NO2/c1-10-7-14(19)5-6-16(10)21-18(22)13(4)23-15-8-11(2)17(20)12(3)9-15/h5-9,13H,1-4H3,(H,21,22)/t13-/m1/s1. The fourth-order valence-electron chi connectivity index (χ4n) is 2.23. The lowest BCUT2D eigenvalue weighted by atomic mass is 10.1. The van der Waals surface area contributed by atoms with Gasteiger partial charge in [-0.25, -0.2) is 0 Å². The topological polar surface area (TPSA) is 38.3 Å². The first kappa shape index (κ1) is 17.6. The van der Waals surface area contributed by atoms with Crippen LogP contribution < -0.4 is 10.1 Å². The zero-order valence-corrected chi connectivity index (χ0v) is 15.0. The van der Waals surface area contributed by atoms with Crippen LogP contribution in [-0.2, 0) is 4.79 Å². The molecule has 0 fully saturated rings. The summed E-state index contributed by atoms with van der Waals surface area (Å²) in [4.78, 5) is 12.3. The number of carbonyl (C=O) groups excluding carboxylic acids is 1. The average Bonchev–Trinajstić information content (AvgIpc) is 2.47. The number of ether oxygens (including phenoxy) is 1. The van der Waals surface area contributed by atoms with Crippen LogP contribution in [0.2, 0.25) is 10.0 Å². The quantitative estimate of drug-likeness (QED) is 0.808. The maximum Gasteiger partial charge on any atom is 0.265 e. The number of rotatable bonds is 4. The van der Waals surface area contributed by atoms with Crippen molar-refractivity contribution in [2.75, 3.05) is 5.32 Å². The highest BCUT2D eigenvalue weighted by molar-refractivity contribution is 6.32. The van der Waals surface area contributed by atoms with Crippen molar-refractivity contribution >= 4 is 34.8 Å². The lowest BCUT2D eigenvalue weighted by Crippen LogP contribution is -2.30. The van der Waals surface area contributed by atoms with Gasteiger partial charge in [0.1, 0.15) is 5.75 Å². The third-order valence-electron chi connectivity index (χ3n) is 3.54. The molecule has 1 N–H and O–H groups in total. The van der Waals surface area contributed by atoms with Gasteiger partial charge in [0, 0.05) is 15.7 Å². The highest BCUT2D eigenvalue weighted by Crippen LogP contribution is 2.27. The number of anilines is 1. The number of amides is 1. The van der Waals surface area contributed by atoms with Crippen molar-refractivity contribution in [3.63, 3.8) is 0 Å². The molecular formula is C18H19Cl2NO2. The van der Waals surface area contributed by atoms with E-state index in [1.807, 2.05) is 32.9 Å². The molecule has 0 aliphatic heterocycles. The van der Waals surface area contributed by atoms with Gasteiger partial charge in [0.05, 0.1) is 0 Å². The van der Waals surface area contributed by atoms with Gasteiger partial charge >= 0.3 is 0 Å². The molecule has 0 aromatic heterocycles. The number of hydrogen-bond acceptors (Lipinski definition) is 2. The summed E-state index contributed by atoms with van der Waals surface area (Å²) in [6, 6.07) is 8.97. The van der Waals surface area contributed by atoms with Crippen LogP contribution in [0.1, 0.15) is 23.6 Å². The second-order valence-electron chi connectivity index (χ2n) is 5.58. The molecular weight excluding hydrogens is 333 g/mol. The second kappa shape index (κ2) is 7.24. The average molecular weight is 352 g/mol. The first-order valence-corrected chi connectivity index (χ1v) is 8.04. The maximum atomic E-state index is 12.3. The Morgan fingerprint density at radius 3 is 2.22 bits per heavy atom. The molecule has 122 valence electrons. The zero-order valence-electron chi connectivity index (χ0n) is 13.5. The Hall–Kier alpha value is -1.71. The Labute approximate surface area is 146 Å². The molecule has 2 aromatic carbocycles. The monoisotopic (exact) mass is 351 g/mol. The van der Waals surface area contributed by atoms with Crippen molar-refractivity contribution in [1.29, 1.82) is 0 Å². The highest BCUT2D eigenvalue weighted by Gasteiger charge is 2.16. The van der Waals surface area contributed by atoms with E-state index in [0.29, 0.717) is 15.8 Å². The molecule has 0 radical (unpaired) electrons. The predicted molar refractivity (Wildman–Crippen MR) is 95.8 cm³/mol. The summed E-state index contributed by atoms with van der Waals surface area (Å²) in [6.45, 7) is 7.41. The summed E-state index contributed by atoms with van der Waals surface area (Å²) >= 11 is 12.1. The lowest BCUT2D eigenvalue weighted by Gasteiger charge is -2.17. The number of halogens is 2. The third-order valence-corrected chi connectivity index (χ3v) is 4.37. The van der Waals surface area contributed by atoms with E-state index in [9.17, 15) is 4.79 Å². The van der Waals surface area contributed by atoms with E-state index in [-0.39, 0.29) is 5.91 Å². The number of aryl methyl sites for hydroxylation is 3. The van der Waals surface area contributed by atoms with Crippen molar-refractivity contribution in [1.82, 2.24) is 0 Å². The van der Waals surface area contributed by atoms with Crippen molar-refractivity contribution in [2.24, 2.45) is 0 Å². The molecule has 0 spiro atoms. The van der Waals surface area contributed by atoms with Crippen LogP contribution >= 0.6 is 23.2 Å². The summed E-state index contributed by atoms with van der Waals surface area (Å²) in [7, 11) is 0. The van der Waals surface area contributed by atoms with Crippen molar-refractivity contribution < 1.29 is 9.53 Å². The van der Waals surface area contributed by atoms with Gasteiger partial charge in [0.2, 0.25) is 0 Å². The van der Waals surface area contributed by atoms with E-state index in [1.54, 1.807) is 25.1 Å². The molecule has 0 saturated carbocycles. The van der Waals surface area contributed by atoms with Gasteiger partial charge in [-0.3, -0.25) is 4.79 Å². The van der Waals surface area contributed by atoms with Crippen LogP contribution in [0, 0.1) is 20.8 Å². The SMILES string of the molecule is Cc1cc(Cl)ccc1NC(=O)[C@@H](C)Oc1cc(C)c(Cl)c(C)c1. The number of nitrogens with one attached hydrogen (secondary N) is 1. The molecule has 2 aromatic rings. The van der Waals surface area contributed by atoms with Crippen LogP contribution in [-0.4, -0.2) is 12.0 Å². The van der Waals surface area contributed by atoms with Gasteiger partial charge in [0.25, 0.3) is 5.91 Å². The van der Waals surface area contributed by atoms with Crippen LogP contribution in [0.5, 0.6) is 5.75 Å². The molecule has 1 atom stereocenters. The van der Waals surface area contributed by atoms with Crippen LogP contribution in [0.25, 0.3) is 0 Å². The van der Waals surface area contributed by atoms with Gasteiger partial charge in [-0.1, -0.05) is 23.2 Å². The summed E-state index contributed by atoms with van der Waals surface area (Å²) in [5.41, 5.74) is 3.46. The van der Waals surface area contributed by atoms with Gasteiger partial charge < -0.3 is 10.1 Å². The molecule has 0 heterocycles. The Morgan fingerprint density at radius 2 is 1.65 bits per heavy atom. The molecule has 0 unspecified atom stereocenters. The molecule has 3 nitrogen and oxygen atoms in total. The van der Waals surface area contributed by atoms with Gasteiger partial charge in [-0.05, 0) is 74.7 Å². The van der Waals surface area contributed by atoms with E-state index in [0.717, 1.165) is 22.4 Å². The molecule has 2 rings (SSSR count). The van der Waals surface area contributed by atoms with E-state index in [1.165, 1.54) is 0 Å². The number of benzene rings is 2. The van der Waals surface area contributed by atoms with Crippen molar-refractivity contribution in [3.05, 3.63) is 57.1 Å². The fourth-order valence-corrected chi connectivity index (χ4v) is 2.57. The normalized spacial score (nSPS) is 11.9. The first-order valence-electron chi connectivity index (χ1n) is 7.28. The maximum absolute atomic E-state index is 12.3. The van der Waals surface area contributed by atoms with Crippen molar-refractivity contribution in [3.8, 4) is 5.75 Å². The third kappa shape index (κ3) is 4.40. The van der Waals surface area contributed by atoms with E-state index < -0.39 is 6.10 Å². The van der Waals surface area contributed by atoms with Crippen LogP contribution in [0.15, 0.2) is 30.3 Å². The largest absolute Gasteiger partial charge is 0.481 e. The molecule has 5 heteroatoms. The van der Waals surface area contributed by atoms with Crippen molar-refractivity contribution in [2.45, 2.75) is 33.8 Å². The highest BCUT2D eigenvalue weighted by atomic mass is 35.5. The Morgan fingerprint density at radius 1 is 1.04 bits per heavy atom. The molecule has 0 bridgehead atoms. The van der Waals surface area contributed by atoms with Gasteiger partial charge in [-0.15, -0.1) is 0 Å². The number of carbonyl (C=O) groups is 1. The molecule has 0 saturated heterocycles. The van der Waals surface area contributed by atoms with E-state index in [4.69, 9.17) is 27.9 Å². The number of hydrogen-bond donors (Lipinski definition) is 1. The fraction of sp³-hybridized carbons (Fsp3) is 0.278. The molecule has 0 aliphatic carbocycles. The minimum atomic E-state index is -0.634. The predicted octanol–water partition coefficient (Wildman–Crippen LogP) is 5.32. The zero-order chi connectivity index (χ0) is 17.1. The Kier molecular flexibility index (Phi) is 5.55. The summed E-state index contributed by atoms with van der Waals surface area (Å²) in [5, 5.41) is 4.20. The smallest absolute Gasteiger partial charge is 0.265 e. The first-order chi connectivity index (χ1) is 10.8. The Balaban J connectivity index is 2.08. The summed E-state index contributed by atoms with van der Waals surface area (Å²) < 4.78 is 5.73. The van der Waals surface area contributed by atoms with Gasteiger partial charge in [0.15, 0.2) is 6.10 Å². The van der Waals surface area contributed by atoms with E-state index in [2.05, 4.69) is 5.32 Å². The van der Waals surface area contributed by atoms with Gasteiger partial charge in [-0.2, -0.15) is 0 Å². The minimum absolute atomic E-state index is 0.222. The molecule has 1 amide bonds. The molecule has 0 aliphatic rings.